The molecule has 0 bridgehead atoms. The zero-order valence-electron chi connectivity index (χ0n) is 19.9. The van der Waals surface area contributed by atoms with Crippen molar-refractivity contribution >= 4 is 63.1 Å². The number of amides is 4. The molecule has 4 amide bonds. The molecular weight excluding hydrogens is 580 g/mol. The van der Waals surface area contributed by atoms with Crippen molar-refractivity contribution in [2.75, 3.05) is 11.5 Å². The van der Waals surface area contributed by atoms with Crippen LogP contribution in [0, 0.1) is 0 Å². The summed E-state index contributed by atoms with van der Waals surface area (Å²) in [5.41, 5.74) is 1.27. The number of hydrogen-bond donors (Lipinski definition) is 2. The van der Waals surface area contributed by atoms with E-state index in [1.54, 1.807) is 49.4 Å². The molecule has 0 aliphatic carbocycles. The molecule has 1 heterocycles. The first-order valence-corrected chi connectivity index (χ1v) is 12.4. The number of urea groups is 1. The third-order valence-electron chi connectivity index (χ3n) is 5.41. The maximum Gasteiger partial charge on any atom is 0.335 e. The largest absolute Gasteiger partial charge is 0.490 e. The quantitative estimate of drug-likeness (QED) is 0.261. The van der Waals surface area contributed by atoms with E-state index in [0.29, 0.717) is 16.8 Å². The minimum absolute atomic E-state index is 0.0886. The van der Waals surface area contributed by atoms with Crippen LogP contribution in [0.2, 0.25) is 5.02 Å². The maximum atomic E-state index is 13.2. The molecule has 194 valence electrons. The number of imide groups is 2. The van der Waals surface area contributed by atoms with Crippen LogP contribution in [-0.4, -0.2) is 35.5 Å². The van der Waals surface area contributed by atoms with Crippen molar-refractivity contribution in [3.8, 4) is 11.5 Å². The minimum Gasteiger partial charge on any atom is -0.490 e. The summed E-state index contributed by atoms with van der Waals surface area (Å²) in [5.74, 6) is -2.14. The molecule has 1 fully saturated rings. The van der Waals surface area contributed by atoms with E-state index in [2.05, 4.69) is 21.2 Å². The molecule has 1 aliphatic rings. The van der Waals surface area contributed by atoms with Crippen LogP contribution in [0.1, 0.15) is 28.4 Å². The van der Waals surface area contributed by atoms with E-state index in [0.717, 1.165) is 9.37 Å². The van der Waals surface area contributed by atoms with E-state index in [1.165, 1.54) is 24.3 Å². The van der Waals surface area contributed by atoms with Crippen LogP contribution in [0.15, 0.2) is 70.7 Å². The molecule has 1 aliphatic heterocycles. The van der Waals surface area contributed by atoms with Gasteiger partial charge in [0.05, 0.1) is 22.9 Å². The first-order valence-electron chi connectivity index (χ1n) is 11.3. The maximum absolute atomic E-state index is 13.2. The van der Waals surface area contributed by atoms with Gasteiger partial charge >= 0.3 is 12.0 Å². The van der Waals surface area contributed by atoms with Crippen LogP contribution < -0.4 is 19.7 Å². The van der Waals surface area contributed by atoms with Crippen molar-refractivity contribution in [1.29, 1.82) is 0 Å². The zero-order valence-corrected chi connectivity index (χ0v) is 22.2. The summed E-state index contributed by atoms with van der Waals surface area (Å²) >= 11 is 9.79. The average Bonchev–Trinajstić information content (AvgIpc) is 2.87. The normalized spacial score (nSPS) is 14.4. The number of nitrogens with one attached hydrogen (secondary N) is 1. The highest BCUT2D eigenvalue weighted by atomic mass is 79.9. The lowest BCUT2D eigenvalue weighted by molar-refractivity contribution is -0.122. The van der Waals surface area contributed by atoms with Crippen LogP contribution in [0.5, 0.6) is 11.5 Å². The lowest BCUT2D eigenvalue weighted by Gasteiger charge is -2.26. The van der Waals surface area contributed by atoms with E-state index in [4.69, 9.17) is 26.2 Å². The Labute approximate surface area is 230 Å². The molecule has 3 aromatic rings. The fourth-order valence-electron chi connectivity index (χ4n) is 3.62. The van der Waals surface area contributed by atoms with Crippen LogP contribution in [0.3, 0.4) is 0 Å². The van der Waals surface area contributed by atoms with Gasteiger partial charge < -0.3 is 14.6 Å². The molecule has 38 heavy (non-hydrogen) atoms. The van der Waals surface area contributed by atoms with E-state index in [-0.39, 0.29) is 40.9 Å². The molecule has 0 unspecified atom stereocenters. The molecule has 0 spiro atoms. The molecule has 3 aromatic carbocycles. The van der Waals surface area contributed by atoms with Gasteiger partial charge in [0, 0.05) is 4.47 Å². The molecule has 0 aromatic heterocycles. The number of benzene rings is 3. The van der Waals surface area contributed by atoms with Gasteiger partial charge in [-0.25, -0.2) is 14.5 Å². The highest BCUT2D eigenvalue weighted by molar-refractivity contribution is 9.10. The third kappa shape index (κ3) is 5.87. The standard InChI is InChI=1S/C27H20BrClN2O7/c1-2-37-22-13-16(12-21(29)23(22)38-14-15-3-5-17(6-4-15)26(34)35)11-20-24(32)30-27(36)31(25(20)33)19-9-7-18(28)8-10-19/h3-13H,2,14H2,1H3,(H,34,35)(H,30,32,36)/b20-11+. The summed E-state index contributed by atoms with van der Waals surface area (Å²) in [6, 6.07) is 14.9. The molecule has 2 N–H and O–H groups in total. The Morgan fingerprint density at radius 1 is 1.05 bits per heavy atom. The van der Waals surface area contributed by atoms with Crippen molar-refractivity contribution < 1.29 is 33.8 Å². The first-order chi connectivity index (χ1) is 18.2. The lowest BCUT2D eigenvalue weighted by Crippen LogP contribution is -2.54. The van der Waals surface area contributed by atoms with E-state index in [9.17, 15) is 19.2 Å². The van der Waals surface area contributed by atoms with E-state index in [1.807, 2.05) is 0 Å². The number of carboxylic acid groups (broad SMARTS) is 1. The molecule has 1 saturated heterocycles. The number of carboxylic acids is 1. The number of anilines is 1. The third-order valence-corrected chi connectivity index (χ3v) is 6.22. The van der Waals surface area contributed by atoms with Gasteiger partial charge in [-0.2, -0.15) is 0 Å². The number of aromatic carboxylic acids is 1. The highest BCUT2D eigenvalue weighted by Gasteiger charge is 2.36. The summed E-state index contributed by atoms with van der Waals surface area (Å²) in [6.07, 6.45) is 1.32. The summed E-state index contributed by atoms with van der Waals surface area (Å²) in [4.78, 5) is 50.1. The Bertz CT molecular complexity index is 1450. The summed E-state index contributed by atoms with van der Waals surface area (Å²) < 4.78 is 12.3. The number of barbiturate groups is 1. The number of nitrogens with zero attached hydrogens (tertiary/aromatic N) is 1. The summed E-state index contributed by atoms with van der Waals surface area (Å²) in [5, 5.41) is 11.4. The van der Waals surface area contributed by atoms with Gasteiger partial charge in [-0.1, -0.05) is 39.7 Å². The molecule has 9 nitrogen and oxygen atoms in total. The molecule has 0 radical (unpaired) electrons. The number of carbonyl (C=O) groups excluding carboxylic acids is 3. The smallest absolute Gasteiger partial charge is 0.335 e. The number of ether oxygens (including phenoxy) is 2. The predicted molar refractivity (Wildman–Crippen MR) is 143 cm³/mol. The van der Waals surface area contributed by atoms with Gasteiger partial charge in [0.25, 0.3) is 11.8 Å². The van der Waals surface area contributed by atoms with E-state index < -0.39 is 23.8 Å². The Balaban J connectivity index is 1.62. The van der Waals surface area contributed by atoms with Crippen LogP contribution in [0.4, 0.5) is 10.5 Å². The summed E-state index contributed by atoms with van der Waals surface area (Å²) in [7, 11) is 0. The lowest BCUT2D eigenvalue weighted by atomic mass is 10.1. The molecule has 0 atom stereocenters. The SMILES string of the molecule is CCOc1cc(/C=C2\C(=O)NC(=O)N(c3ccc(Br)cc3)C2=O)cc(Cl)c1OCc1ccc(C(=O)O)cc1. The van der Waals surface area contributed by atoms with Crippen LogP contribution in [0.25, 0.3) is 6.08 Å². The number of hydrogen-bond acceptors (Lipinski definition) is 6. The predicted octanol–water partition coefficient (Wildman–Crippen LogP) is 5.44. The Morgan fingerprint density at radius 2 is 1.74 bits per heavy atom. The first kappa shape index (κ1) is 26.9. The number of halogens is 2. The average molecular weight is 600 g/mol. The van der Waals surface area contributed by atoms with Crippen LogP contribution >= 0.6 is 27.5 Å². The monoisotopic (exact) mass is 598 g/mol. The molecule has 0 saturated carbocycles. The minimum atomic E-state index is -1.03. The zero-order chi connectivity index (χ0) is 27.4. The fraction of sp³-hybridized carbons (Fsp3) is 0.111. The molecule has 4 rings (SSSR count). The topological polar surface area (TPSA) is 122 Å². The fourth-order valence-corrected chi connectivity index (χ4v) is 4.16. The van der Waals surface area contributed by atoms with E-state index >= 15 is 0 Å². The van der Waals surface area contributed by atoms with Crippen molar-refractivity contribution in [3.63, 3.8) is 0 Å². The second kappa shape index (κ2) is 11.5. The second-order valence-corrected chi connectivity index (χ2v) is 9.31. The Kier molecular flexibility index (Phi) is 8.13. The second-order valence-electron chi connectivity index (χ2n) is 7.99. The van der Waals surface area contributed by atoms with Gasteiger partial charge in [-0.05, 0) is 72.7 Å². The van der Waals surface area contributed by atoms with Crippen molar-refractivity contribution in [1.82, 2.24) is 5.32 Å². The molecular formula is C27H20BrClN2O7. The Morgan fingerprint density at radius 3 is 2.37 bits per heavy atom. The van der Waals surface area contributed by atoms with Gasteiger partial charge in [-0.15, -0.1) is 0 Å². The van der Waals surface area contributed by atoms with Crippen LogP contribution in [-0.2, 0) is 16.2 Å². The Hall–Kier alpha value is -4.15. The van der Waals surface area contributed by atoms with Crippen molar-refractivity contribution in [2.24, 2.45) is 0 Å². The molecule has 11 heteroatoms. The van der Waals surface area contributed by atoms with Crippen molar-refractivity contribution in [2.45, 2.75) is 13.5 Å². The number of rotatable bonds is 8. The van der Waals surface area contributed by atoms with Gasteiger partial charge in [0.1, 0.15) is 12.2 Å². The number of carbonyl (C=O) groups is 4. The van der Waals surface area contributed by atoms with Gasteiger partial charge in [0.15, 0.2) is 11.5 Å². The highest BCUT2D eigenvalue weighted by Crippen LogP contribution is 2.38. The van der Waals surface area contributed by atoms with Crippen molar-refractivity contribution in [3.05, 3.63) is 92.4 Å². The summed E-state index contributed by atoms with van der Waals surface area (Å²) in [6.45, 7) is 2.14. The van der Waals surface area contributed by atoms with Gasteiger partial charge in [0.2, 0.25) is 0 Å². The van der Waals surface area contributed by atoms with Gasteiger partial charge in [-0.3, -0.25) is 14.9 Å².